The quantitative estimate of drug-likeness (QED) is 0.582. The van der Waals surface area contributed by atoms with E-state index in [0.717, 1.165) is 62.5 Å². The number of nitrogens with zero attached hydrogens (tertiary/aromatic N) is 2. The molecule has 1 aliphatic heterocycles. The number of carbonyl (C=O) groups is 1. The number of carbonyl (C=O) groups excluding carboxylic acids is 1. The molecule has 1 atom stereocenters. The van der Waals surface area contributed by atoms with Gasteiger partial charge in [0.25, 0.3) is 0 Å². The zero-order valence-electron chi connectivity index (χ0n) is 20.6. The van der Waals surface area contributed by atoms with Crippen molar-refractivity contribution in [2.24, 2.45) is 0 Å². The maximum atomic E-state index is 12.9. The summed E-state index contributed by atoms with van der Waals surface area (Å²) in [6.07, 6.45) is 3.37. The van der Waals surface area contributed by atoms with Crippen LogP contribution in [0.5, 0.6) is 17.2 Å². The van der Waals surface area contributed by atoms with Gasteiger partial charge in [0.05, 0.1) is 27.8 Å². The summed E-state index contributed by atoms with van der Waals surface area (Å²) in [6, 6.07) is 8.45. The topological polar surface area (TPSA) is 51.2 Å². The van der Waals surface area contributed by atoms with Gasteiger partial charge in [-0.1, -0.05) is 6.07 Å². The van der Waals surface area contributed by atoms with Gasteiger partial charge in [0.2, 0.25) is 5.91 Å². The second-order valence-electron chi connectivity index (χ2n) is 9.32. The number of fused-ring (bicyclic) bond motifs is 2. The zero-order chi connectivity index (χ0) is 23.5. The third-order valence-corrected chi connectivity index (χ3v) is 7.11. The van der Waals surface area contributed by atoms with E-state index in [4.69, 9.17) is 14.2 Å². The lowest BCUT2D eigenvalue weighted by molar-refractivity contribution is -0.130. The van der Waals surface area contributed by atoms with Crippen LogP contribution < -0.4 is 14.2 Å². The first-order valence-corrected chi connectivity index (χ1v) is 11.8. The van der Waals surface area contributed by atoms with Crippen molar-refractivity contribution >= 4 is 5.91 Å². The number of benzene rings is 2. The SMILES string of the molecule is COc1cc2c(cc1C)[C@@H](CN(C)CCCN1CCc3cc(OC)c(OC)cc3CC1=O)C2. The van der Waals surface area contributed by atoms with Crippen molar-refractivity contribution in [2.45, 2.75) is 38.5 Å². The molecule has 178 valence electrons. The lowest BCUT2D eigenvalue weighted by Gasteiger charge is -2.34. The number of ether oxygens (including phenoxy) is 3. The smallest absolute Gasteiger partial charge is 0.227 e. The highest BCUT2D eigenvalue weighted by Crippen LogP contribution is 2.39. The third-order valence-electron chi connectivity index (χ3n) is 7.11. The average molecular weight is 453 g/mol. The van der Waals surface area contributed by atoms with Gasteiger partial charge in [-0.25, -0.2) is 0 Å². The van der Waals surface area contributed by atoms with E-state index < -0.39 is 0 Å². The third kappa shape index (κ3) is 4.96. The molecule has 0 bridgehead atoms. The molecule has 33 heavy (non-hydrogen) atoms. The van der Waals surface area contributed by atoms with Crippen LogP contribution in [-0.4, -0.2) is 70.3 Å². The Balaban J connectivity index is 1.27. The molecule has 1 amide bonds. The summed E-state index contributed by atoms with van der Waals surface area (Å²) in [6.45, 7) is 5.70. The highest BCUT2D eigenvalue weighted by molar-refractivity contribution is 5.80. The van der Waals surface area contributed by atoms with E-state index in [0.29, 0.717) is 18.1 Å². The second-order valence-corrected chi connectivity index (χ2v) is 9.32. The molecule has 6 heteroatoms. The van der Waals surface area contributed by atoms with Gasteiger partial charge < -0.3 is 24.0 Å². The molecule has 2 aromatic carbocycles. The molecule has 0 saturated carbocycles. The summed E-state index contributed by atoms with van der Waals surface area (Å²) in [4.78, 5) is 17.3. The minimum atomic E-state index is 0.195. The molecule has 1 heterocycles. The molecule has 4 rings (SSSR count). The largest absolute Gasteiger partial charge is 0.496 e. The van der Waals surface area contributed by atoms with Crippen molar-refractivity contribution in [3.05, 3.63) is 52.1 Å². The van der Waals surface area contributed by atoms with E-state index >= 15 is 0 Å². The van der Waals surface area contributed by atoms with Gasteiger partial charge in [-0.15, -0.1) is 0 Å². The predicted molar refractivity (Wildman–Crippen MR) is 130 cm³/mol. The van der Waals surface area contributed by atoms with Crippen LogP contribution in [0, 0.1) is 6.92 Å². The van der Waals surface area contributed by atoms with Gasteiger partial charge in [0, 0.05) is 25.6 Å². The Kier molecular flexibility index (Phi) is 7.13. The molecule has 0 spiro atoms. The van der Waals surface area contributed by atoms with E-state index in [1.165, 1.54) is 22.3 Å². The molecule has 2 aliphatic rings. The minimum absolute atomic E-state index is 0.195. The van der Waals surface area contributed by atoms with Crippen molar-refractivity contribution in [3.63, 3.8) is 0 Å². The summed E-state index contributed by atoms with van der Waals surface area (Å²) in [5.74, 6) is 3.19. The fourth-order valence-corrected chi connectivity index (χ4v) is 5.19. The molecule has 2 aromatic rings. The number of hydrogen-bond donors (Lipinski definition) is 0. The van der Waals surface area contributed by atoms with Crippen molar-refractivity contribution < 1.29 is 19.0 Å². The molecule has 0 unspecified atom stereocenters. The van der Waals surface area contributed by atoms with Crippen LogP contribution in [0.15, 0.2) is 24.3 Å². The number of rotatable bonds is 9. The molecule has 6 nitrogen and oxygen atoms in total. The monoisotopic (exact) mass is 452 g/mol. The van der Waals surface area contributed by atoms with Crippen LogP contribution in [0.25, 0.3) is 0 Å². The number of amides is 1. The van der Waals surface area contributed by atoms with Crippen LogP contribution in [0.3, 0.4) is 0 Å². The van der Waals surface area contributed by atoms with Crippen LogP contribution >= 0.6 is 0 Å². The maximum Gasteiger partial charge on any atom is 0.227 e. The van der Waals surface area contributed by atoms with Crippen LogP contribution in [0.4, 0.5) is 0 Å². The van der Waals surface area contributed by atoms with Crippen molar-refractivity contribution in [3.8, 4) is 17.2 Å². The first-order chi connectivity index (χ1) is 15.9. The van der Waals surface area contributed by atoms with Gasteiger partial charge in [-0.3, -0.25) is 4.79 Å². The normalized spacial score (nSPS) is 17.2. The van der Waals surface area contributed by atoms with Crippen LogP contribution in [0.1, 0.15) is 40.2 Å². The van der Waals surface area contributed by atoms with Gasteiger partial charge in [0.1, 0.15) is 5.75 Å². The number of methoxy groups -OCH3 is 3. The highest BCUT2D eigenvalue weighted by Gasteiger charge is 2.28. The first-order valence-electron chi connectivity index (χ1n) is 11.8. The molecular weight excluding hydrogens is 416 g/mol. The highest BCUT2D eigenvalue weighted by atomic mass is 16.5. The van der Waals surface area contributed by atoms with Gasteiger partial charge >= 0.3 is 0 Å². The Bertz CT molecular complexity index is 1020. The van der Waals surface area contributed by atoms with Crippen molar-refractivity contribution in [1.29, 1.82) is 0 Å². The van der Waals surface area contributed by atoms with Crippen LogP contribution in [0.2, 0.25) is 0 Å². The Morgan fingerprint density at radius 2 is 1.64 bits per heavy atom. The summed E-state index contributed by atoms with van der Waals surface area (Å²) in [5, 5.41) is 0. The number of aryl methyl sites for hydroxylation is 1. The number of hydrogen-bond acceptors (Lipinski definition) is 5. The molecule has 0 radical (unpaired) electrons. The Morgan fingerprint density at radius 1 is 0.970 bits per heavy atom. The lowest BCUT2D eigenvalue weighted by atomic mass is 9.76. The molecule has 0 fully saturated rings. The van der Waals surface area contributed by atoms with Gasteiger partial charge in [-0.2, -0.15) is 0 Å². The minimum Gasteiger partial charge on any atom is -0.496 e. The summed E-state index contributed by atoms with van der Waals surface area (Å²) in [7, 11) is 7.20. The fourth-order valence-electron chi connectivity index (χ4n) is 5.19. The molecular formula is C27H36N2O4. The Hall–Kier alpha value is -2.73. The van der Waals surface area contributed by atoms with Crippen molar-refractivity contribution in [1.82, 2.24) is 9.80 Å². The Labute approximate surface area is 197 Å². The van der Waals surface area contributed by atoms with E-state index in [1.54, 1.807) is 21.3 Å². The van der Waals surface area contributed by atoms with E-state index in [-0.39, 0.29) is 5.91 Å². The van der Waals surface area contributed by atoms with E-state index in [2.05, 4.69) is 31.0 Å². The number of likely N-dealkylation sites (N-methyl/N-ethyl adjacent to an activating group) is 1. The van der Waals surface area contributed by atoms with E-state index in [1.807, 2.05) is 17.0 Å². The second kappa shape index (κ2) is 10.0. The maximum absolute atomic E-state index is 12.9. The zero-order valence-corrected chi connectivity index (χ0v) is 20.6. The molecule has 1 aliphatic carbocycles. The standard InChI is InChI=1S/C27H36N2O4/c1-18-11-23-21(15-24(18)31-3)12-22(23)17-28(2)8-6-9-29-10-7-19-13-25(32-4)26(33-5)14-20(19)16-27(29)30/h11,13-15,22H,6-10,12,16-17H2,1-5H3/t22-/m1/s1. The Morgan fingerprint density at radius 3 is 2.33 bits per heavy atom. The summed E-state index contributed by atoms with van der Waals surface area (Å²) >= 11 is 0. The molecule has 0 N–H and O–H groups in total. The molecule has 0 aromatic heterocycles. The summed E-state index contributed by atoms with van der Waals surface area (Å²) in [5.41, 5.74) is 6.31. The van der Waals surface area contributed by atoms with Crippen molar-refractivity contribution in [2.75, 3.05) is 54.6 Å². The average Bonchev–Trinajstić information content (AvgIpc) is 2.95. The first kappa shape index (κ1) is 23.4. The van der Waals surface area contributed by atoms with E-state index in [9.17, 15) is 4.79 Å². The molecule has 0 saturated heterocycles. The van der Waals surface area contributed by atoms with Gasteiger partial charge in [-0.05, 0) is 85.8 Å². The summed E-state index contributed by atoms with van der Waals surface area (Å²) < 4.78 is 16.3. The lowest BCUT2D eigenvalue weighted by Crippen LogP contribution is -2.36. The predicted octanol–water partition coefficient (Wildman–Crippen LogP) is 3.61. The fraction of sp³-hybridized carbons (Fsp3) is 0.519. The van der Waals surface area contributed by atoms with Gasteiger partial charge in [0.15, 0.2) is 11.5 Å². The van der Waals surface area contributed by atoms with Crippen LogP contribution in [-0.2, 0) is 24.1 Å².